The van der Waals surface area contributed by atoms with Crippen molar-refractivity contribution >= 4 is 38.4 Å². The van der Waals surface area contributed by atoms with E-state index in [1.807, 2.05) is 35.5 Å². The predicted molar refractivity (Wildman–Crippen MR) is 133 cm³/mol. The normalized spacial score (nSPS) is 25.4. The zero-order valence-corrected chi connectivity index (χ0v) is 20.2. The number of anilines is 3. The van der Waals surface area contributed by atoms with Crippen LogP contribution in [0, 0.1) is 12.8 Å². The van der Waals surface area contributed by atoms with Crippen LogP contribution in [0.5, 0.6) is 0 Å². The molecule has 3 fully saturated rings. The van der Waals surface area contributed by atoms with E-state index in [0.29, 0.717) is 23.3 Å². The molecule has 6 rings (SSSR count). The molecular formula is C24H31N7O2S. The first-order valence-corrected chi connectivity index (χ1v) is 13.9. The maximum absolute atomic E-state index is 13.2. The third kappa shape index (κ3) is 4.36. The van der Waals surface area contributed by atoms with Crippen LogP contribution in [0.1, 0.15) is 50.6 Å². The van der Waals surface area contributed by atoms with Crippen LogP contribution in [-0.2, 0) is 10.0 Å². The van der Waals surface area contributed by atoms with Crippen molar-refractivity contribution in [2.24, 2.45) is 5.92 Å². The zero-order chi connectivity index (χ0) is 23.3. The lowest BCUT2D eigenvalue weighted by Crippen LogP contribution is -2.57. The summed E-state index contributed by atoms with van der Waals surface area (Å²) >= 11 is 0. The summed E-state index contributed by atoms with van der Waals surface area (Å²) in [7, 11) is -3.19. The van der Waals surface area contributed by atoms with Gasteiger partial charge in [-0.05, 0) is 63.5 Å². The van der Waals surface area contributed by atoms with E-state index < -0.39 is 10.0 Å². The average Bonchev–Trinajstić information content (AvgIpc) is 3.50. The molecule has 2 bridgehead atoms. The van der Waals surface area contributed by atoms with E-state index in [0.717, 1.165) is 67.4 Å². The largest absolute Gasteiger partial charge is 0.367 e. The van der Waals surface area contributed by atoms with Gasteiger partial charge >= 0.3 is 0 Å². The summed E-state index contributed by atoms with van der Waals surface area (Å²) in [6.45, 7) is 1.95. The highest BCUT2D eigenvalue weighted by molar-refractivity contribution is 7.89. The van der Waals surface area contributed by atoms with Gasteiger partial charge in [-0.3, -0.25) is 10.1 Å². The highest BCUT2D eigenvalue weighted by Crippen LogP contribution is 2.40. The number of fused-ring (bicyclic) bond motifs is 3. The van der Waals surface area contributed by atoms with Crippen LogP contribution >= 0.6 is 0 Å². The first kappa shape index (κ1) is 21.8. The lowest BCUT2D eigenvalue weighted by molar-refractivity contribution is 0.115. The Morgan fingerprint density at radius 3 is 2.62 bits per heavy atom. The third-order valence-electron chi connectivity index (χ3n) is 7.27. The molecule has 1 aliphatic carbocycles. The molecule has 1 unspecified atom stereocenters. The van der Waals surface area contributed by atoms with Crippen molar-refractivity contribution < 1.29 is 8.42 Å². The smallest absolute Gasteiger partial charge is 0.214 e. The fourth-order valence-corrected chi connectivity index (χ4v) is 8.03. The van der Waals surface area contributed by atoms with Gasteiger partial charge in [0.15, 0.2) is 5.82 Å². The summed E-state index contributed by atoms with van der Waals surface area (Å²) in [5.74, 6) is 2.85. The molecule has 5 heterocycles. The number of aromatic nitrogens is 4. The lowest BCUT2D eigenvalue weighted by atomic mass is 9.84. The lowest BCUT2D eigenvalue weighted by Gasteiger charge is -2.48. The predicted octanol–water partition coefficient (Wildman–Crippen LogP) is 3.94. The summed E-state index contributed by atoms with van der Waals surface area (Å²) in [4.78, 5) is 9.40. The number of hydrogen-bond donors (Lipinski definition) is 3. The number of nitrogens with one attached hydrogen (secondary N) is 3. The standard InChI is InChI=1S/C24H31N7O2S/c1-15-10-23(30-29-15)27-22-13-21-20(6-3-9-25-21)24(28-22)26-17-11-18-4-2-5-19(12-17)31(18)34(32,33)14-16-7-8-16/h3,6,9-10,13,16-19H,2,4-5,7-8,11-12,14H2,1H3,(H3,26,27,28,29,30)/t17?,18-,19+. The van der Waals surface area contributed by atoms with Crippen LogP contribution < -0.4 is 10.6 Å². The van der Waals surface area contributed by atoms with Crippen molar-refractivity contribution in [1.29, 1.82) is 0 Å². The van der Waals surface area contributed by atoms with Crippen molar-refractivity contribution in [3.8, 4) is 0 Å². The van der Waals surface area contributed by atoms with Gasteiger partial charge in [-0.1, -0.05) is 6.42 Å². The first-order valence-electron chi connectivity index (χ1n) is 12.3. The maximum atomic E-state index is 13.2. The van der Waals surface area contributed by atoms with Gasteiger partial charge < -0.3 is 10.6 Å². The summed E-state index contributed by atoms with van der Waals surface area (Å²) in [5, 5.41) is 15.1. The second-order valence-electron chi connectivity index (χ2n) is 10.1. The van der Waals surface area contributed by atoms with E-state index in [9.17, 15) is 8.42 Å². The van der Waals surface area contributed by atoms with Gasteiger partial charge in [0.1, 0.15) is 11.6 Å². The van der Waals surface area contributed by atoms with E-state index in [1.54, 1.807) is 6.20 Å². The highest BCUT2D eigenvalue weighted by Gasteiger charge is 2.45. The van der Waals surface area contributed by atoms with Crippen molar-refractivity contribution in [1.82, 2.24) is 24.5 Å². The molecule has 34 heavy (non-hydrogen) atoms. The van der Waals surface area contributed by atoms with Crippen LogP contribution in [0.15, 0.2) is 30.5 Å². The Morgan fingerprint density at radius 1 is 1.12 bits per heavy atom. The van der Waals surface area contributed by atoms with E-state index in [1.165, 1.54) is 0 Å². The van der Waals surface area contributed by atoms with Gasteiger partial charge in [0.2, 0.25) is 10.0 Å². The fourth-order valence-electron chi connectivity index (χ4n) is 5.63. The quantitative estimate of drug-likeness (QED) is 0.468. The van der Waals surface area contributed by atoms with Gasteiger partial charge in [0.05, 0.1) is 11.3 Å². The molecule has 2 aliphatic heterocycles. The molecule has 3 atom stereocenters. The second-order valence-corrected chi connectivity index (χ2v) is 12.0. The van der Waals surface area contributed by atoms with E-state index in [2.05, 4.69) is 25.8 Å². The molecule has 3 N–H and O–H groups in total. The Kier molecular flexibility index (Phi) is 5.44. The van der Waals surface area contributed by atoms with Crippen LogP contribution in [0.3, 0.4) is 0 Å². The van der Waals surface area contributed by atoms with Crippen molar-refractivity contribution in [3.05, 3.63) is 36.2 Å². The molecule has 0 radical (unpaired) electrons. The minimum absolute atomic E-state index is 0.0754. The highest BCUT2D eigenvalue weighted by atomic mass is 32.2. The van der Waals surface area contributed by atoms with Crippen molar-refractivity contribution in [2.45, 2.75) is 70.0 Å². The number of aryl methyl sites for hydroxylation is 1. The van der Waals surface area contributed by atoms with Gasteiger partial charge in [-0.25, -0.2) is 13.4 Å². The van der Waals surface area contributed by atoms with E-state index in [4.69, 9.17) is 4.98 Å². The molecule has 3 aromatic heterocycles. The number of rotatable bonds is 7. The Labute approximate surface area is 199 Å². The molecule has 3 aliphatic rings. The van der Waals surface area contributed by atoms with Gasteiger partial charge in [-0.2, -0.15) is 9.40 Å². The third-order valence-corrected chi connectivity index (χ3v) is 9.41. The molecule has 1 saturated carbocycles. The summed E-state index contributed by atoms with van der Waals surface area (Å²) in [6, 6.07) is 8.11. The second kappa shape index (κ2) is 8.49. The van der Waals surface area contributed by atoms with Crippen LogP contribution in [-0.4, -0.2) is 56.8 Å². The summed E-state index contributed by atoms with van der Waals surface area (Å²) in [6.07, 6.45) is 8.49. The minimum atomic E-state index is -3.19. The van der Waals surface area contributed by atoms with Crippen molar-refractivity contribution in [2.75, 3.05) is 16.4 Å². The van der Waals surface area contributed by atoms with E-state index in [-0.39, 0.29) is 18.1 Å². The zero-order valence-electron chi connectivity index (χ0n) is 19.4. The Hall–Kier alpha value is -2.72. The fraction of sp³-hybridized carbons (Fsp3) is 0.542. The summed E-state index contributed by atoms with van der Waals surface area (Å²) in [5.41, 5.74) is 1.81. The molecule has 0 aromatic carbocycles. The number of H-pyrrole nitrogens is 1. The summed E-state index contributed by atoms with van der Waals surface area (Å²) < 4.78 is 28.2. The first-order chi connectivity index (χ1) is 16.4. The number of sulfonamides is 1. The number of pyridine rings is 2. The van der Waals surface area contributed by atoms with E-state index >= 15 is 0 Å². The van der Waals surface area contributed by atoms with Gasteiger partial charge in [0, 0.05) is 47.5 Å². The minimum Gasteiger partial charge on any atom is -0.367 e. The van der Waals surface area contributed by atoms with Crippen molar-refractivity contribution in [3.63, 3.8) is 0 Å². The Bertz CT molecular complexity index is 1290. The molecule has 180 valence electrons. The SMILES string of the molecule is Cc1cc(Nc2cc3ncccc3c(NC3C[C@H]4CCC[C@@H](C3)N4S(=O)(=O)CC3CC3)n2)n[nH]1. The molecule has 0 amide bonds. The number of piperidine rings is 2. The maximum Gasteiger partial charge on any atom is 0.214 e. The Morgan fingerprint density at radius 2 is 1.91 bits per heavy atom. The number of hydrogen-bond acceptors (Lipinski definition) is 7. The Balaban J connectivity index is 1.25. The molecule has 2 saturated heterocycles. The van der Waals surface area contributed by atoms with Gasteiger partial charge in [-0.15, -0.1) is 0 Å². The molecule has 0 spiro atoms. The molecular weight excluding hydrogens is 450 g/mol. The molecule has 3 aromatic rings. The van der Waals surface area contributed by atoms with Crippen LogP contribution in [0.2, 0.25) is 0 Å². The molecule has 9 nitrogen and oxygen atoms in total. The average molecular weight is 482 g/mol. The topological polar surface area (TPSA) is 116 Å². The van der Waals surface area contributed by atoms with Crippen LogP contribution in [0.25, 0.3) is 10.9 Å². The van der Waals surface area contributed by atoms with Crippen LogP contribution in [0.4, 0.5) is 17.5 Å². The monoisotopic (exact) mass is 481 g/mol. The molecule has 10 heteroatoms. The number of nitrogens with zero attached hydrogens (tertiary/aromatic N) is 4. The van der Waals surface area contributed by atoms with Gasteiger partial charge in [0.25, 0.3) is 0 Å². The number of aromatic amines is 1.